The third-order valence-electron chi connectivity index (χ3n) is 2.84. The SMILES string of the molecule is Clc1c(C2CCNC2)nc2cnccn12. The first-order chi connectivity index (χ1) is 7.36. The van der Waals surface area contributed by atoms with Crippen LogP contribution in [0.3, 0.4) is 0 Å². The number of nitrogens with one attached hydrogen (secondary N) is 1. The largest absolute Gasteiger partial charge is 0.316 e. The standard InChI is InChI=1S/C10H11ClN4/c11-10-9(7-1-2-12-5-7)14-8-6-13-3-4-15(8)10/h3-4,6-7,12H,1-2,5H2. The van der Waals surface area contributed by atoms with Crippen molar-refractivity contribution in [2.24, 2.45) is 0 Å². The monoisotopic (exact) mass is 222 g/mol. The Balaban J connectivity index is 2.14. The molecule has 2 aromatic rings. The molecule has 2 aromatic heterocycles. The van der Waals surface area contributed by atoms with Gasteiger partial charge in [-0.1, -0.05) is 11.6 Å². The quantitative estimate of drug-likeness (QED) is 0.795. The second-order valence-corrected chi connectivity index (χ2v) is 4.14. The minimum Gasteiger partial charge on any atom is -0.316 e. The maximum Gasteiger partial charge on any atom is 0.156 e. The Labute approximate surface area is 92.3 Å². The van der Waals surface area contributed by atoms with Crippen LogP contribution in [0.4, 0.5) is 0 Å². The van der Waals surface area contributed by atoms with Crippen molar-refractivity contribution in [2.45, 2.75) is 12.3 Å². The van der Waals surface area contributed by atoms with Crippen LogP contribution < -0.4 is 5.32 Å². The number of halogens is 1. The Morgan fingerprint density at radius 2 is 2.47 bits per heavy atom. The number of rotatable bonds is 1. The van der Waals surface area contributed by atoms with Gasteiger partial charge in [-0.25, -0.2) is 4.98 Å². The lowest BCUT2D eigenvalue weighted by Gasteiger charge is -2.03. The molecule has 1 N–H and O–H groups in total. The van der Waals surface area contributed by atoms with Crippen molar-refractivity contribution in [1.82, 2.24) is 19.7 Å². The van der Waals surface area contributed by atoms with E-state index >= 15 is 0 Å². The summed E-state index contributed by atoms with van der Waals surface area (Å²) < 4.78 is 1.88. The Morgan fingerprint density at radius 3 is 3.20 bits per heavy atom. The first kappa shape index (κ1) is 9.12. The predicted octanol–water partition coefficient (Wildman–Crippen LogP) is 1.46. The van der Waals surface area contributed by atoms with Crippen molar-refractivity contribution >= 4 is 17.2 Å². The van der Waals surface area contributed by atoms with Crippen LogP contribution in [0.15, 0.2) is 18.6 Å². The number of imidazole rings is 1. The molecule has 0 amide bonds. The van der Waals surface area contributed by atoms with Crippen LogP contribution in [-0.4, -0.2) is 27.5 Å². The third-order valence-corrected chi connectivity index (χ3v) is 3.22. The molecule has 5 heteroatoms. The minimum absolute atomic E-state index is 0.442. The zero-order valence-corrected chi connectivity index (χ0v) is 8.91. The lowest BCUT2D eigenvalue weighted by molar-refractivity contribution is 0.742. The molecular formula is C10H11ClN4. The molecule has 78 valence electrons. The van der Waals surface area contributed by atoms with Crippen LogP contribution in [0.2, 0.25) is 5.15 Å². The topological polar surface area (TPSA) is 42.2 Å². The molecule has 1 unspecified atom stereocenters. The summed E-state index contributed by atoms with van der Waals surface area (Å²) in [4.78, 5) is 8.56. The van der Waals surface area contributed by atoms with Crippen molar-refractivity contribution in [3.8, 4) is 0 Å². The Hall–Kier alpha value is -1.13. The molecule has 1 aliphatic rings. The van der Waals surface area contributed by atoms with Gasteiger partial charge in [-0.15, -0.1) is 0 Å². The molecule has 4 nitrogen and oxygen atoms in total. The predicted molar refractivity (Wildman–Crippen MR) is 58.2 cm³/mol. The summed E-state index contributed by atoms with van der Waals surface area (Å²) in [6.07, 6.45) is 6.41. The van der Waals surface area contributed by atoms with Gasteiger partial charge in [-0.3, -0.25) is 9.38 Å². The van der Waals surface area contributed by atoms with Crippen LogP contribution in [0.5, 0.6) is 0 Å². The van der Waals surface area contributed by atoms with E-state index in [4.69, 9.17) is 11.6 Å². The van der Waals surface area contributed by atoms with E-state index in [1.807, 2.05) is 10.6 Å². The van der Waals surface area contributed by atoms with E-state index in [-0.39, 0.29) is 0 Å². The highest BCUT2D eigenvalue weighted by molar-refractivity contribution is 6.30. The van der Waals surface area contributed by atoms with E-state index in [1.54, 1.807) is 12.4 Å². The molecule has 0 bridgehead atoms. The Bertz CT molecular complexity index is 487. The fraction of sp³-hybridized carbons (Fsp3) is 0.400. The van der Waals surface area contributed by atoms with Crippen LogP contribution >= 0.6 is 11.6 Å². The zero-order chi connectivity index (χ0) is 10.3. The maximum absolute atomic E-state index is 6.28. The van der Waals surface area contributed by atoms with Crippen LogP contribution in [0, 0.1) is 0 Å². The van der Waals surface area contributed by atoms with Crippen molar-refractivity contribution in [1.29, 1.82) is 0 Å². The Morgan fingerprint density at radius 1 is 1.53 bits per heavy atom. The molecule has 0 spiro atoms. The molecule has 1 atom stereocenters. The van der Waals surface area contributed by atoms with E-state index < -0.39 is 0 Å². The van der Waals surface area contributed by atoms with Gasteiger partial charge >= 0.3 is 0 Å². The number of hydrogen-bond acceptors (Lipinski definition) is 3. The molecule has 0 aromatic carbocycles. The zero-order valence-electron chi connectivity index (χ0n) is 8.15. The number of aromatic nitrogens is 3. The highest BCUT2D eigenvalue weighted by Gasteiger charge is 2.23. The van der Waals surface area contributed by atoms with Gasteiger partial charge in [-0.2, -0.15) is 0 Å². The van der Waals surface area contributed by atoms with E-state index in [0.717, 1.165) is 36.0 Å². The molecule has 3 heterocycles. The van der Waals surface area contributed by atoms with Gasteiger partial charge in [0.2, 0.25) is 0 Å². The first-order valence-corrected chi connectivity index (χ1v) is 5.42. The summed E-state index contributed by atoms with van der Waals surface area (Å²) >= 11 is 6.28. The van der Waals surface area contributed by atoms with Gasteiger partial charge in [0, 0.05) is 24.9 Å². The molecule has 0 radical (unpaired) electrons. The lowest BCUT2D eigenvalue weighted by Crippen LogP contribution is -2.08. The third kappa shape index (κ3) is 1.41. The van der Waals surface area contributed by atoms with E-state index in [9.17, 15) is 0 Å². The molecule has 15 heavy (non-hydrogen) atoms. The van der Waals surface area contributed by atoms with Gasteiger partial charge in [0.15, 0.2) is 5.65 Å². The highest BCUT2D eigenvalue weighted by Crippen LogP contribution is 2.28. The highest BCUT2D eigenvalue weighted by atomic mass is 35.5. The molecular weight excluding hydrogens is 212 g/mol. The van der Waals surface area contributed by atoms with Crippen LogP contribution in [0.25, 0.3) is 5.65 Å². The normalized spacial score (nSPS) is 21.3. The maximum atomic E-state index is 6.28. The van der Waals surface area contributed by atoms with Crippen LogP contribution in [0.1, 0.15) is 18.0 Å². The smallest absolute Gasteiger partial charge is 0.156 e. The summed E-state index contributed by atoms with van der Waals surface area (Å²) in [6.45, 7) is 2.02. The van der Waals surface area contributed by atoms with Gasteiger partial charge in [-0.05, 0) is 13.0 Å². The van der Waals surface area contributed by atoms with Crippen molar-refractivity contribution in [3.05, 3.63) is 29.4 Å². The van der Waals surface area contributed by atoms with Gasteiger partial charge in [0.25, 0.3) is 0 Å². The summed E-state index contributed by atoms with van der Waals surface area (Å²) in [5, 5.41) is 4.04. The van der Waals surface area contributed by atoms with Crippen molar-refractivity contribution < 1.29 is 0 Å². The molecule has 0 saturated carbocycles. The number of fused-ring (bicyclic) bond motifs is 1. The Kier molecular flexibility index (Phi) is 2.11. The minimum atomic E-state index is 0.442. The number of hydrogen-bond donors (Lipinski definition) is 1. The van der Waals surface area contributed by atoms with Crippen LogP contribution in [-0.2, 0) is 0 Å². The summed E-state index contributed by atoms with van der Waals surface area (Å²) in [5.41, 5.74) is 1.82. The number of nitrogens with zero attached hydrogens (tertiary/aromatic N) is 3. The first-order valence-electron chi connectivity index (χ1n) is 5.04. The fourth-order valence-electron chi connectivity index (χ4n) is 2.04. The van der Waals surface area contributed by atoms with Crippen molar-refractivity contribution in [3.63, 3.8) is 0 Å². The molecule has 1 aliphatic heterocycles. The van der Waals surface area contributed by atoms with Gasteiger partial charge in [0.05, 0.1) is 11.9 Å². The van der Waals surface area contributed by atoms with Gasteiger partial charge in [0.1, 0.15) is 5.15 Å². The molecule has 3 rings (SSSR count). The molecule has 1 saturated heterocycles. The molecule has 0 aliphatic carbocycles. The molecule has 1 fully saturated rings. The summed E-state index contributed by atoms with van der Waals surface area (Å²) in [6, 6.07) is 0. The second kappa shape index (κ2) is 3.47. The van der Waals surface area contributed by atoms with E-state index in [1.165, 1.54) is 0 Å². The summed E-state index contributed by atoms with van der Waals surface area (Å²) in [5.74, 6) is 0.442. The van der Waals surface area contributed by atoms with Gasteiger partial charge < -0.3 is 5.32 Å². The van der Waals surface area contributed by atoms with E-state index in [0.29, 0.717) is 5.92 Å². The second-order valence-electron chi connectivity index (χ2n) is 3.78. The summed E-state index contributed by atoms with van der Waals surface area (Å²) in [7, 11) is 0. The van der Waals surface area contributed by atoms with Crippen molar-refractivity contribution in [2.75, 3.05) is 13.1 Å². The fourth-order valence-corrected chi connectivity index (χ4v) is 2.38. The average Bonchev–Trinajstić information content (AvgIpc) is 2.87. The average molecular weight is 223 g/mol. The van der Waals surface area contributed by atoms with E-state index in [2.05, 4.69) is 15.3 Å². The lowest BCUT2D eigenvalue weighted by atomic mass is 10.1.